The van der Waals surface area contributed by atoms with Gasteiger partial charge in [0.2, 0.25) is 11.8 Å². The second-order valence-electron chi connectivity index (χ2n) is 12.2. The zero-order chi connectivity index (χ0) is 32.5. The van der Waals surface area contributed by atoms with Gasteiger partial charge in [0, 0.05) is 19.3 Å². The Morgan fingerprint density at radius 3 is 1.88 bits per heavy atom. The van der Waals surface area contributed by atoms with Gasteiger partial charge in [-0.3, -0.25) is 15.0 Å². The molecule has 0 aliphatic rings. The molecule has 10 heteroatoms. The predicted octanol–water partition coefficient (Wildman–Crippen LogP) is 7.07. The fourth-order valence-corrected chi connectivity index (χ4v) is 4.49. The summed E-state index contributed by atoms with van der Waals surface area (Å²) in [5.74, 6) is -2.53. The summed E-state index contributed by atoms with van der Waals surface area (Å²) in [7, 11) is 0. The summed E-state index contributed by atoms with van der Waals surface area (Å²) in [6, 6.07) is -1.27. The van der Waals surface area contributed by atoms with E-state index in [1.54, 1.807) is 20.8 Å². The Morgan fingerprint density at radius 1 is 0.791 bits per heavy atom. The van der Waals surface area contributed by atoms with E-state index in [1.807, 2.05) is 0 Å². The second-order valence-corrected chi connectivity index (χ2v) is 12.2. The number of rotatable bonds is 24. The monoisotopic (exact) mass is 608 g/mol. The van der Waals surface area contributed by atoms with E-state index >= 15 is 0 Å². The van der Waals surface area contributed by atoms with Gasteiger partial charge >= 0.3 is 12.1 Å². The third-order valence-electron chi connectivity index (χ3n) is 6.85. The minimum Gasteiger partial charge on any atom is -0.443 e. The Balaban J connectivity index is 4.97. The van der Waals surface area contributed by atoms with Crippen molar-refractivity contribution < 1.29 is 28.7 Å². The molecule has 0 aliphatic carbocycles. The van der Waals surface area contributed by atoms with Crippen LogP contribution in [0.1, 0.15) is 150 Å². The SMILES string of the molecule is CCCCCCCCC=CCCCCCCCC(=O)N(C(=O)OC(C)(C)C)[C@@H](CCCCN)C(=O)OC(=N)CCC(N)=O. The minimum atomic E-state index is -1.27. The molecule has 43 heavy (non-hydrogen) atoms. The summed E-state index contributed by atoms with van der Waals surface area (Å²) >= 11 is 0. The lowest BCUT2D eigenvalue weighted by Gasteiger charge is -2.31. The van der Waals surface area contributed by atoms with Gasteiger partial charge in [-0.1, -0.05) is 70.4 Å². The average Bonchev–Trinajstić information content (AvgIpc) is 2.92. The van der Waals surface area contributed by atoms with Gasteiger partial charge in [-0.2, -0.15) is 0 Å². The van der Waals surface area contributed by atoms with Crippen LogP contribution in [0.25, 0.3) is 0 Å². The fraction of sp³-hybridized carbons (Fsp3) is 0.788. The van der Waals surface area contributed by atoms with Crippen LogP contribution in [-0.4, -0.2) is 52.9 Å². The van der Waals surface area contributed by atoms with Crippen LogP contribution >= 0.6 is 0 Å². The number of primary amides is 1. The molecule has 0 aromatic heterocycles. The Bertz CT molecular complexity index is 853. The van der Waals surface area contributed by atoms with Crippen LogP contribution in [0.2, 0.25) is 0 Å². The van der Waals surface area contributed by atoms with E-state index in [-0.39, 0.29) is 25.7 Å². The highest BCUT2D eigenvalue weighted by Gasteiger charge is 2.38. The standard InChI is InChI=1S/C33H60N4O6/c1-5-6-7-8-9-10-11-12-13-14-15-16-17-18-19-23-30(39)37(32(41)43-33(2,3)4)27(22-20-21-26-34)31(40)42-29(36)25-24-28(35)38/h12-13,27,36H,5-11,14-26,34H2,1-4H3,(H2,35,38)/t27-/m0/s1. The number of carbonyl (C=O) groups excluding carboxylic acids is 4. The summed E-state index contributed by atoms with van der Waals surface area (Å²) < 4.78 is 10.6. The van der Waals surface area contributed by atoms with Gasteiger partial charge < -0.3 is 20.9 Å². The maximum absolute atomic E-state index is 13.4. The van der Waals surface area contributed by atoms with Crippen LogP contribution in [0.4, 0.5) is 4.79 Å². The second kappa shape index (κ2) is 24.7. The summed E-state index contributed by atoms with van der Waals surface area (Å²) in [5.41, 5.74) is 9.85. The number of allylic oxidation sites excluding steroid dienone is 2. The van der Waals surface area contributed by atoms with Gasteiger partial charge in [0.05, 0.1) is 0 Å². The number of hydrogen-bond acceptors (Lipinski definition) is 8. The maximum Gasteiger partial charge on any atom is 0.417 e. The van der Waals surface area contributed by atoms with E-state index in [1.165, 1.54) is 38.5 Å². The number of nitrogens with zero attached hydrogens (tertiary/aromatic N) is 1. The lowest BCUT2D eigenvalue weighted by Crippen LogP contribution is -2.51. The van der Waals surface area contributed by atoms with Crippen LogP contribution < -0.4 is 11.5 Å². The van der Waals surface area contributed by atoms with Crippen LogP contribution in [0.5, 0.6) is 0 Å². The Kier molecular flexibility index (Phi) is 23.1. The number of carbonyl (C=O) groups is 4. The number of esters is 1. The van der Waals surface area contributed by atoms with Crippen molar-refractivity contribution in [3.8, 4) is 0 Å². The number of nitrogens with one attached hydrogen (secondary N) is 1. The third-order valence-corrected chi connectivity index (χ3v) is 6.85. The molecule has 0 bridgehead atoms. The molecule has 0 radical (unpaired) electrons. The topological polar surface area (TPSA) is 166 Å². The molecule has 0 aliphatic heterocycles. The molecule has 0 heterocycles. The zero-order valence-electron chi connectivity index (χ0n) is 27.4. The molecule has 10 nitrogen and oxygen atoms in total. The fourth-order valence-electron chi connectivity index (χ4n) is 4.49. The number of ether oxygens (including phenoxy) is 2. The lowest BCUT2D eigenvalue weighted by molar-refractivity contribution is -0.149. The van der Waals surface area contributed by atoms with Crippen LogP contribution in [0.15, 0.2) is 12.2 Å². The first-order valence-electron chi connectivity index (χ1n) is 16.4. The van der Waals surface area contributed by atoms with Gasteiger partial charge in [0.15, 0.2) is 5.90 Å². The Hall–Kier alpha value is -2.75. The molecule has 0 aromatic carbocycles. The van der Waals surface area contributed by atoms with Gasteiger partial charge in [-0.05, 0) is 78.7 Å². The van der Waals surface area contributed by atoms with Gasteiger partial charge in [0.1, 0.15) is 11.6 Å². The van der Waals surface area contributed by atoms with E-state index < -0.39 is 41.4 Å². The van der Waals surface area contributed by atoms with Crippen LogP contribution in [0, 0.1) is 5.41 Å². The summed E-state index contributed by atoms with van der Waals surface area (Å²) in [5, 5.41) is 7.90. The molecule has 5 N–H and O–H groups in total. The number of amides is 3. The smallest absolute Gasteiger partial charge is 0.417 e. The van der Waals surface area contributed by atoms with Gasteiger partial charge in [-0.15, -0.1) is 0 Å². The molecular formula is C33H60N4O6. The van der Waals surface area contributed by atoms with E-state index in [4.69, 9.17) is 26.4 Å². The van der Waals surface area contributed by atoms with Crippen molar-refractivity contribution in [1.29, 1.82) is 5.41 Å². The molecule has 248 valence electrons. The quantitative estimate of drug-likeness (QED) is 0.0346. The molecule has 0 unspecified atom stereocenters. The van der Waals surface area contributed by atoms with E-state index in [0.717, 1.165) is 43.4 Å². The van der Waals surface area contributed by atoms with Crippen molar-refractivity contribution in [2.24, 2.45) is 11.5 Å². The number of unbranched alkanes of at least 4 members (excludes halogenated alkanes) is 12. The van der Waals surface area contributed by atoms with Crippen molar-refractivity contribution in [3.05, 3.63) is 12.2 Å². The molecule has 0 rings (SSSR count). The van der Waals surface area contributed by atoms with Crippen molar-refractivity contribution >= 4 is 29.8 Å². The summed E-state index contributed by atoms with van der Waals surface area (Å²) in [6.07, 6.45) is 19.2. The molecule has 0 aromatic rings. The number of nitrogens with two attached hydrogens (primary N) is 2. The molecule has 1 atom stereocenters. The number of hydrogen-bond donors (Lipinski definition) is 3. The Morgan fingerprint density at radius 2 is 1.35 bits per heavy atom. The first kappa shape index (κ1) is 40.2. The number of imide groups is 1. The highest BCUT2D eigenvalue weighted by molar-refractivity contribution is 5.99. The molecule has 0 saturated carbocycles. The largest absolute Gasteiger partial charge is 0.443 e. The van der Waals surface area contributed by atoms with Crippen molar-refractivity contribution in [3.63, 3.8) is 0 Å². The lowest BCUT2D eigenvalue weighted by atomic mass is 10.1. The average molecular weight is 609 g/mol. The Labute approximate surface area is 260 Å². The highest BCUT2D eigenvalue weighted by Crippen LogP contribution is 2.20. The predicted molar refractivity (Wildman–Crippen MR) is 171 cm³/mol. The highest BCUT2D eigenvalue weighted by atomic mass is 16.6. The zero-order valence-corrected chi connectivity index (χ0v) is 27.4. The van der Waals surface area contributed by atoms with E-state index in [0.29, 0.717) is 25.8 Å². The van der Waals surface area contributed by atoms with Crippen molar-refractivity contribution in [1.82, 2.24) is 4.90 Å². The molecule has 3 amide bonds. The first-order chi connectivity index (χ1) is 20.4. The van der Waals surface area contributed by atoms with Crippen molar-refractivity contribution in [2.45, 2.75) is 161 Å². The van der Waals surface area contributed by atoms with Gasteiger partial charge in [0.25, 0.3) is 0 Å². The summed E-state index contributed by atoms with van der Waals surface area (Å²) in [6.45, 7) is 7.65. The summed E-state index contributed by atoms with van der Waals surface area (Å²) in [4.78, 5) is 51.5. The maximum atomic E-state index is 13.4. The minimum absolute atomic E-state index is 0.0805. The third kappa shape index (κ3) is 22.5. The van der Waals surface area contributed by atoms with Crippen LogP contribution in [-0.2, 0) is 23.9 Å². The molecular weight excluding hydrogens is 548 g/mol. The first-order valence-corrected chi connectivity index (χ1v) is 16.4. The van der Waals surface area contributed by atoms with Crippen LogP contribution in [0.3, 0.4) is 0 Å². The molecule has 0 saturated heterocycles. The van der Waals surface area contributed by atoms with E-state index in [9.17, 15) is 19.2 Å². The molecule has 0 fully saturated rings. The molecule has 0 spiro atoms. The normalized spacial score (nSPS) is 12.2. The van der Waals surface area contributed by atoms with Crippen molar-refractivity contribution in [2.75, 3.05) is 6.54 Å². The van der Waals surface area contributed by atoms with E-state index in [2.05, 4.69) is 19.1 Å². The van der Waals surface area contributed by atoms with Gasteiger partial charge in [-0.25, -0.2) is 14.5 Å².